The molecule has 0 saturated carbocycles. The molecule has 2 N–H and O–H groups in total. The third kappa shape index (κ3) is 3.59. The number of carbonyl (C=O) groups is 2. The lowest BCUT2D eigenvalue weighted by Crippen LogP contribution is -2.22. The highest BCUT2D eigenvalue weighted by molar-refractivity contribution is 5.97. The Labute approximate surface area is 150 Å². The first-order chi connectivity index (χ1) is 12.3. The highest BCUT2D eigenvalue weighted by atomic mass is 19.1. The number of aromatic nitrogens is 1. The molecule has 3 aromatic rings. The number of carbonyl (C=O) groups excluding carboxylic acids is 2. The van der Waals surface area contributed by atoms with Crippen molar-refractivity contribution in [3.8, 4) is 0 Å². The molecule has 0 aliphatic carbocycles. The molecule has 0 bridgehead atoms. The fraction of sp³-hybridized carbons (Fsp3) is 0.200. The van der Waals surface area contributed by atoms with Crippen LogP contribution in [-0.4, -0.2) is 23.8 Å². The van der Waals surface area contributed by atoms with Gasteiger partial charge in [0.25, 0.3) is 0 Å². The highest BCUT2D eigenvalue weighted by Crippen LogP contribution is 2.24. The number of nitrogens with zero attached hydrogens (tertiary/aromatic N) is 1. The van der Waals surface area contributed by atoms with Gasteiger partial charge in [0.2, 0.25) is 11.8 Å². The summed E-state index contributed by atoms with van der Waals surface area (Å²) in [7, 11) is 1.69. The fourth-order valence-corrected chi connectivity index (χ4v) is 2.90. The first-order valence-corrected chi connectivity index (χ1v) is 8.26. The van der Waals surface area contributed by atoms with E-state index in [0.29, 0.717) is 5.69 Å². The molecule has 0 unspecified atom stereocenters. The Morgan fingerprint density at radius 2 is 1.85 bits per heavy atom. The highest BCUT2D eigenvalue weighted by Gasteiger charge is 2.14. The van der Waals surface area contributed by atoms with Crippen LogP contribution < -0.4 is 10.2 Å². The second-order valence-electron chi connectivity index (χ2n) is 6.27. The third-order valence-corrected chi connectivity index (χ3v) is 4.43. The first kappa shape index (κ1) is 17.7. The minimum atomic E-state index is -0.330. The van der Waals surface area contributed by atoms with E-state index >= 15 is 0 Å². The van der Waals surface area contributed by atoms with Gasteiger partial charge in [-0.15, -0.1) is 0 Å². The van der Waals surface area contributed by atoms with Gasteiger partial charge in [0.15, 0.2) is 0 Å². The van der Waals surface area contributed by atoms with Crippen LogP contribution in [0.25, 0.3) is 10.9 Å². The predicted octanol–water partition coefficient (Wildman–Crippen LogP) is 3.78. The average Bonchev–Trinajstić information content (AvgIpc) is 2.90. The normalized spacial score (nSPS) is 10.8. The third-order valence-electron chi connectivity index (χ3n) is 4.43. The summed E-state index contributed by atoms with van der Waals surface area (Å²) in [6.45, 7) is 3.36. The molecule has 3 rings (SSSR count). The van der Waals surface area contributed by atoms with Crippen LogP contribution >= 0.6 is 0 Å². The van der Waals surface area contributed by atoms with E-state index in [0.717, 1.165) is 27.8 Å². The Morgan fingerprint density at radius 3 is 2.50 bits per heavy atom. The number of nitrogens with one attached hydrogen (secondary N) is 2. The molecule has 0 atom stereocenters. The summed E-state index contributed by atoms with van der Waals surface area (Å²) < 4.78 is 13.5. The zero-order chi connectivity index (χ0) is 18.8. The number of hydrogen-bond donors (Lipinski definition) is 2. The van der Waals surface area contributed by atoms with Crippen LogP contribution in [0.2, 0.25) is 0 Å². The molecule has 5 nitrogen and oxygen atoms in total. The summed E-state index contributed by atoms with van der Waals surface area (Å²) in [5, 5.41) is 3.55. The van der Waals surface area contributed by atoms with Crippen LogP contribution in [0.15, 0.2) is 42.5 Å². The smallest absolute Gasteiger partial charge is 0.228 e. The maximum Gasteiger partial charge on any atom is 0.228 e. The molecule has 1 aromatic heterocycles. The number of benzene rings is 2. The quantitative estimate of drug-likeness (QED) is 0.750. The van der Waals surface area contributed by atoms with Crippen molar-refractivity contribution in [2.24, 2.45) is 0 Å². The number of aromatic amines is 1. The molecule has 134 valence electrons. The summed E-state index contributed by atoms with van der Waals surface area (Å²) >= 11 is 0. The number of anilines is 2. The van der Waals surface area contributed by atoms with Gasteiger partial charge in [-0.1, -0.05) is 0 Å². The van der Waals surface area contributed by atoms with Crippen LogP contribution in [0.1, 0.15) is 18.2 Å². The van der Waals surface area contributed by atoms with Crippen molar-refractivity contribution >= 4 is 34.1 Å². The minimum absolute atomic E-state index is 0.0659. The van der Waals surface area contributed by atoms with Crippen molar-refractivity contribution < 1.29 is 14.0 Å². The summed E-state index contributed by atoms with van der Waals surface area (Å²) in [4.78, 5) is 28.5. The van der Waals surface area contributed by atoms with Gasteiger partial charge in [-0.25, -0.2) is 4.39 Å². The van der Waals surface area contributed by atoms with E-state index in [9.17, 15) is 14.0 Å². The molecule has 0 spiro atoms. The average molecular weight is 353 g/mol. The molecule has 0 fully saturated rings. The SMILES string of the molecule is CC(=O)N(C)c1ccc(NC(=O)Cc2c(C)[nH]c3ccc(F)cc23)cc1. The predicted molar refractivity (Wildman–Crippen MR) is 101 cm³/mol. The van der Waals surface area contributed by atoms with E-state index in [1.165, 1.54) is 24.0 Å². The van der Waals surface area contributed by atoms with Gasteiger partial charge in [-0.05, 0) is 55.0 Å². The summed E-state index contributed by atoms with van der Waals surface area (Å²) in [5.41, 5.74) is 3.82. The monoisotopic (exact) mass is 353 g/mol. The Balaban J connectivity index is 1.74. The standard InChI is InChI=1S/C20H20FN3O2/c1-12-17(18-10-14(21)4-9-19(18)22-12)11-20(26)23-15-5-7-16(8-6-15)24(3)13(2)25/h4-10,22H,11H2,1-3H3,(H,23,26). The van der Waals surface area contributed by atoms with E-state index in [1.807, 2.05) is 6.92 Å². The van der Waals surface area contributed by atoms with E-state index in [4.69, 9.17) is 0 Å². The van der Waals surface area contributed by atoms with Crippen LogP contribution in [-0.2, 0) is 16.0 Å². The Bertz CT molecular complexity index is 977. The molecular formula is C20H20FN3O2. The summed E-state index contributed by atoms with van der Waals surface area (Å²) in [5.74, 6) is -0.585. The molecule has 0 radical (unpaired) electrons. The molecule has 0 aliphatic heterocycles. The lowest BCUT2D eigenvalue weighted by atomic mass is 10.1. The number of amides is 2. The largest absolute Gasteiger partial charge is 0.358 e. The van der Waals surface area contributed by atoms with Gasteiger partial charge in [-0.2, -0.15) is 0 Å². The molecule has 2 amide bonds. The van der Waals surface area contributed by atoms with Crippen molar-refractivity contribution in [2.75, 3.05) is 17.3 Å². The molecule has 0 aliphatic rings. The second-order valence-corrected chi connectivity index (χ2v) is 6.27. The summed E-state index contributed by atoms with van der Waals surface area (Å²) in [6, 6.07) is 11.5. The number of H-pyrrole nitrogens is 1. The molecule has 0 saturated heterocycles. The molecule has 6 heteroatoms. The van der Waals surface area contributed by atoms with E-state index in [-0.39, 0.29) is 24.1 Å². The molecule has 26 heavy (non-hydrogen) atoms. The van der Waals surface area contributed by atoms with Gasteiger partial charge < -0.3 is 15.2 Å². The lowest BCUT2D eigenvalue weighted by Gasteiger charge is -2.15. The Kier molecular flexibility index (Phi) is 4.75. The van der Waals surface area contributed by atoms with Gasteiger partial charge in [0.05, 0.1) is 6.42 Å². The number of aryl methyl sites for hydroxylation is 1. The topological polar surface area (TPSA) is 65.2 Å². The van der Waals surface area contributed by atoms with Crippen molar-refractivity contribution in [3.63, 3.8) is 0 Å². The number of rotatable bonds is 4. The minimum Gasteiger partial charge on any atom is -0.358 e. The van der Waals surface area contributed by atoms with E-state index < -0.39 is 0 Å². The Morgan fingerprint density at radius 1 is 1.15 bits per heavy atom. The van der Waals surface area contributed by atoms with Crippen LogP contribution in [0.3, 0.4) is 0 Å². The fourth-order valence-electron chi connectivity index (χ4n) is 2.90. The Hall–Kier alpha value is -3.15. The van der Waals surface area contributed by atoms with Crippen molar-refractivity contribution in [1.82, 2.24) is 4.98 Å². The van der Waals surface area contributed by atoms with E-state index in [2.05, 4.69) is 10.3 Å². The van der Waals surface area contributed by atoms with Crippen molar-refractivity contribution in [2.45, 2.75) is 20.3 Å². The van der Waals surface area contributed by atoms with Gasteiger partial charge in [0, 0.05) is 41.9 Å². The number of fused-ring (bicyclic) bond motifs is 1. The first-order valence-electron chi connectivity index (χ1n) is 8.26. The van der Waals surface area contributed by atoms with Gasteiger partial charge >= 0.3 is 0 Å². The molecule has 2 aromatic carbocycles. The number of halogens is 1. The zero-order valence-corrected chi connectivity index (χ0v) is 14.9. The zero-order valence-electron chi connectivity index (χ0n) is 14.9. The van der Waals surface area contributed by atoms with Crippen molar-refractivity contribution in [1.29, 1.82) is 0 Å². The molecular weight excluding hydrogens is 333 g/mol. The van der Waals surface area contributed by atoms with Gasteiger partial charge in [0.1, 0.15) is 5.82 Å². The van der Waals surface area contributed by atoms with Crippen LogP contribution in [0, 0.1) is 12.7 Å². The second kappa shape index (κ2) is 7.00. The van der Waals surface area contributed by atoms with Gasteiger partial charge in [-0.3, -0.25) is 9.59 Å². The van der Waals surface area contributed by atoms with Crippen LogP contribution in [0.4, 0.5) is 15.8 Å². The molecule has 1 heterocycles. The van der Waals surface area contributed by atoms with Crippen molar-refractivity contribution in [3.05, 3.63) is 59.5 Å². The maximum atomic E-state index is 13.5. The summed E-state index contributed by atoms with van der Waals surface area (Å²) in [6.07, 6.45) is 0.143. The lowest BCUT2D eigenvalue weighted by molar-refractivity contribution is -0.116. The van der Waals surface area contributed by atoms with E-state index in [1.54, 1.807) is 37.4 Å². The number of hydrogen-bond acceptors (Lipinski definition) is 2. The van der Waals surface area contributed by atoms with Crippen LogP contribution in [0.5, 0.6) is 0 Å². The maximum absolute atomic E-state index is 13.5.